The van der Waals surface area contributed by atoms with E-state index in [1.54, 1.807) is 6.20 Å². The van der Waals surface area contributed by atoms with Crippen LogP contribution in [0.2, 0.25) is 5.02 Å². The Bertz CT molecular complexity index is 796. The number of hydrogen-bond acceptors (Lipinski definition) is 3. The van der Waals surface area contributed by atoms with Crippen molar-refractivity contribution in [2.24, 2.45) is 5.92 Å². The SMILES string of the molecule is CCN(Cc1ccccn1)C(=O)[C@@H]1C[C@]12CCOc1ccc(Cl)cc12. The monoisotopic (exact) mass is 356 g/mol. The van der Waals surface area contributed by atoms with E-state index in [0.717, 1.165) is 29.8 Å². The van der Waals surface area contributed by atoms with E-state index in [1.807, 2.05) is 48.2 Å². The molecule has 1 saturated carbocycles. The number of carbonyl (C=O) groups is 1. The number of carbonyl (C=O) groups excluding carboxylic acids is 1. The van der Waals surface area contributed by atoms with Crippen molar-refractivity contribution in [2.45, 2.75) is 31.7 Å². The van der Waals surface area contributed by atoms with Gasteiger partial charge in [-0.3, -0.25) is 9.78 Å². The fourth-order valence-corrected chi connectivity index (χ4v) is 4.12. The summed E-state index contributed by atoms with van der Waals surface area (Å²) in [5.41, 5.74) is 1.91. The van der Waals surface area contributed by atoms with Crippen LogP contribution in [0.4, 0.5) is 0 Å². The Morgan fingerprint density at radius 1 is 1.40 bits per heavy atom. The van der Waals surface area contributed by atoms with Crippen molar-refractivity contribution >= 4 is 17.5 Å². The highest BCUT2D eigenvalue weighted by molar-refractivity contribution is 6.30. The first kappa shape index (κ1) is 16.4. The summed E-state index contributed by atoms with van der Waals surface area (Å²) < 4.78 is 5.77. The van der Waals surface area contributed by atoms with Gasteiger partial charge in [-0.15, -0.1) is 0 Å². The van der Waals surface area contributed by atoms with E-state index in [1.165, 1.54) is 0 Å². The molecule has 0 saturated heterocycles. The average Bonchev–Trinajstić information content (AvgIpc) is 3.35. The molecule has 25 heavy (non-hydrogen) atoms. The van der Waals surface area contributed by atoms with E-state index in [9.17, 15) is 4.79 Å². The Labute approximate surface area is 152 Å². The van der Waals surface area contributed by atoms with Crippen molar-refractivity contribution < 1.29 is 9.53 Å². The largest absolute Gasteiger partial charge is 0.493 e. The van der Waals surface area contributed by atoms with Gasteiger partial charge in [0, 0.05) is 34.7 Å². The van der Waals surface area contributed by atoms with Crippen LogP contribution in [0.25, 0.3) is 0 Å². The number of aromatic nitrogens is 1. The zero-order valence-corrected chi connectivity index (χ0v) is 15.0. The molecule has 0 bridgehead atoms. The lowest BCUT2D eigenvalue weighted by molar-refractivity contribution is -0.133. The number of fused-ring (bicyclic) bond motifs is 2. The third kappa shape index (κ3) is 2.89. The van der Waals surface area contributed by atoms with Crippen LogP contribution < -0.4 is 4.74 Å². The zero-order valence-electron chi connectivity index (χ0n) is 14.2. The lowest BCUT2D eigenvalue weighted by atomic mass is 9.87. The van der Waals surface area contributed by atoms with Gasteiger partial charge in [-0.05, 0) is 50.1 Å². The molecule has 1 fully saturated rings. The summed E-state index contributed by atoms with van der Waals surface area (Å²) in [6, 6.07) is 11.5. The standard InChI is InChI=1S/C20H21ClN2O2/c1-2-23(13-15-5-3-4-9-22-15)19(24)17-12-20(17)8-10-25-18-7-6-14(21)11-16(18)20/h3-7,9,11,17H,2,8,10,12-13H2,1H3/t17-,20-/m0/s1. The highest BCUT2D eigenvalue weighted by atomic mass is 35.5. The van der Waals surface area contributed by atoms with E-state index in [4.69, 9.17) is 16.3 Å². The first-order chi connectivity index (χ1) is 12.1. The molecule has 1 aliphatic heterocycles. The average molecular weight is 357 g/mol. The molecule has 1 amide bonds. The van der Waals surface area contributed by atoms with E-state index in [-0.39, 0.29) is 17.2 Å². The van der Waals surface area contributed by atoms with Crippen molar-refractivity contribution in [2.75, 3.05) is 13.2 Å². The van der Waals surface area contributed by atoms with Crippen LogP contribution in [0.15, 0.2) is 42.6 Å². The van der Waals surface area contributed by atoms with Crippen LogP contribution in [0.1, 0.15) is 31.0 Å². The molecule has 2 aliphatic rings. The molecule has 2 atom stereocenters. The Balaban J connectivity index is 1.56. The van der Waals surface area contributed by atoms with Crippen LogP contribution in [0.3, 0.4) is 0 Å². The summed E-state index contributed by atoms with van der Waals surface area (Å²) in [5.74, 6) is 1.09. The molecule has 5 heteroatoms. The second-order valence-corrected chi connectivity index (χ2v) is 7.26. The predicted molar refractivity (Wildman–Crippen MR) is 96.7 cm³/mol. The third-order valence-electron chi connectivity index (χ3n) is 5.43. The van der Waals surface area contributed by atoms with Gasteiger partial charge in [0.15, 0.2) is 0 Å². The molecule has 1 aromatic heterocycles. The molecule has 1 aliphatic carbocycles. The summed E-state index contributed by atoms with van der Waals surface area (Å²) in [6.45, 7) is 3.91. The molecular formula is C20H21ClN2O2. The normalized spacial score (nSPS) is 23.7. The van der Waals surface area contributed by atoms with E-state index in [2.05, 4.69) is 4.98 Å². The van der Waals surface area contributed by atoms with Gasteiger partial charge in [-0.2, -0.15) is 0 Å². The summed E-state index contributed by atoms with van der Waals surface area (Å²) in [4.78, 5) is 19.4. The Hall–Kier alpha value is -2.07. The van der Waals surface area contributed by atoms with Crippen molar-refractivity contribution in [1.82, 2.24) is 9.88 Å². The Kier molecular flexibility index (Phi) is 4.16. The van der Waals surface area contributed by atoms with Gasteiger partial charge >= 0.3 is 0 Å². The summed E-state index contributed by atoms with van der Waals surface area (Å²) in [6.07, 6.45) is 3.52. The second-order valence-electron chi connectivity index (χ2n) is 6.83. The first-order valence-electron chi connectivity index (χ1n) is 8.75. The fourth-order valence-electron chi connectivity index (χ4n) is 3.95. The number of pyridine rings is 1. The lowest BCUT2D eigenvalue weighted by Gasteiger charge is -2.28. The lowest BCUT2D eigenvalue weighted by Crippen LogP contribution is -2.35. The summed E-state index contributed by atoms with van der Waals surface area (Å²) in [7, 11) is 0. The summed E-state index contributed by atoms with van der Waals surface area (Å²) >= 11 is 6.20. The Morgan fingerprint density at radius 3 is 3.04 bits per heavy atom. The smallest absolute Gasteiger partial charge is 0.226 e. The van der Waals surface area contributed by atoms with Crippen LogP contribution in [0.5, 0.6) is 5.75 Å². The van der Waals surface area contributed by atoms with E-state index < -0.39 is 0 Å². The molecule has 1 aromatic carbocycles. The number of hydrogen-bond donors (Lipinski definition) is 0. The van der Waals surface area contributed by atoms with Gasteiger partial charge in [0.1, 0.15) is 5.75 Å². The van der Waals surface area contributed by atoms with Gasteiger partial charge in [-0.25, -0.2) is 0 Å². The molecule has 0 unspecified atom stereocenters. The number of halogens is 1. The van der Waals surface area contributed by atoms with Gasteiger partial charge in [0.2, 0.25) is 5.91 Å². The van der Waals surface area contributed by atoms with Crippen molar-refractivity contribution in [3.05, 3.63) is 58.9 Å². The van der Waals surface area contributed by atoms with Crippen molar-refractivity contribution in [1.29, 1.82) is 0 Å². The van der Waals surface area contributed by atoms with Crippen LogP contribution in [-0.4, -0.2) is 28.9 Å². The van der Waals surface area contributed by atoms with Crippen LogP contribution in [-0.2, 0) is 16.8 Å². The number of ether oxygens (including phenoxy) is 1. The summed E-state index contributed by atoms with van der Waals surface area (Å²) in [5, 5.41) is 0.697. The molecule has 4 nitrogen and oxygen atoms in total. The Morgan fingerprint density at radius 2 is 2.28 bits per heavy atom. The topological polar surface area (TPSA) is 42.4 Å². The molecule has 0 radical (unpaired) electrons. The van der Waals surface area contributed by atoms with Gasteiger partial charge < -0.3 is 9.64 Å². The van der Waals surface area contributed by atoms with Crippen LogP contribution in [0, 0.1) is 5.92 Å². The molecule has 2 aromatic rings. The maximum absolute atomic E-state index is 13.1. The minimum absolute atomic E-state index is 0.0114. The van der Waals surface area contributed by atoms with Crippen LogP contribution >= 0.6 is 11.6 Å². The molecule has 1 spiro atoms. The number of nitrogens with zero attached hydrogens (tertiary/aromatic N) is 2. The molecule has 0 N–H and O–H groups in total. The molecule has 4 rings (SSSR count). The van der Waals surface area contributed by atoms with E-state index in [0.29, 0.717) is 24.7 Å². The highest BCUT2D eigenvalue weighted by Gasteiger charge is 2.61. The minimum atomic E-state index is -0.104. The van der Waals surface area contributed by atoms with Gasteiger partial charge in [0.05, 0.1) is 18.8 Å². The van der Waals surface area contributed by atoms with Crippen molar-refractivity contribution in [3.8, 4) is 5.75 Å². The minimum Gasteiger partial charge on any atom is -0.493 e. The third-order valence-corrected chi connectivity index (χ3v) is 5.66. The fraction of sp³-hybridized carbons (Fsp3) is 0.400. The number of rotatable bonds is 4. The quantitative estimate of drug-likeness (QED) is 0.836. The molecular weight excluding hydrogens is 336 g/mol. The molecule has 2 heterocycles. The number of benzene rings is 1. The molecule has 130 valence electrons. The van der Waals surface area contributed by atoms with Crippen molar-refractivity contribution in [3.63, 3.8) is 0 Å². The second kappa shape index (κ2) is 6.34. The predicted octanol–water partition coefficient (Wildman–Crippen LogP) is 3.82. The maximum atomic E-state index is 13.1. The number of amides is 1. The van der Waals surface area contributed by atoms with Gasteiger partial charge in [0.25, 0.3) is 0 Å². The zero-order chi connectivity index (χ0) is 17.4. The maximum Gasteiger partial charge on any atom is 0.226 e. The highest BCUT2D eigenvalue weighted by Crippen LogP contribution is 2.61. The first-order valence-corrected chi connectivity index (χ1v) is 9.13. The van der Waals surface area contributed by atoms with Gasteiger partial charge in [-0.1, -0.05) is 17.7 Å². The van der Waals surface area contributed by atoms with E-state index >= 15 is 0 Å².